The molecule has 0 aromatic carbocycles. The van der Waals surface area contributed by atoms with E-state index >= 15 is 0 Å². The van der Waals surface area contributed by atoms with Gasteiger partial charge in [-0.2, -0.15) is 0 Å². The maximum Gasteiger partial charge on any atom is 0.410 e. The molecular formula is C8H13NO4. The van der Waals surface area contributed by atoms with Crippen molar-refractivity contribution in [2.45, 2.75) is 13.3 Å². The first-order valence-corrected chi connectivity index (χ1v) is 4.31. The molecule has 1 fully saturated rings. The molecule has 5 nitrogen and oxygen atoms in total. The van der Waals surface area contributed by atoms with Crippen LogP contribution in [0.5, 0.6) is 0 Å². The van der Waals surface area contributed by atoms with Gasteiger partial charge in [0, 0.05) is 13.1 Å². The minimum Gasteiger partial charge on any atom is -0.463 e. The van der Waals surface area contributed by atoms with Crippen molar-refractivity contribution >= 4 is 12.1 Å². The second-order valence-corrected chi connectivity index (χ2v) is 2.70. The van der Waals surface area contributed by atoms with Gasteiger partial charge >= 0.3 is 12.1 Å². The Morgan fingerprint density at radius 2 is 2.00 bits per heavy atom. The Bertz CT molecular complexity index is 200. The lowest BCUT2D eigenvalue weighted by Crippen LogP contribution is -2.42. The topological polar surface area (TPSA) is 55.8 Å². The van der Waals surface area contributed by atoms with E-state index in [0.717, 1.165) is 19.5 Å². The number of esters is 1. The second kappa shape index (κ2) is 4.69. The summed E-state index contributed by atoms with van der Waals surface area (Å²) in [5.74, 6) is -0.503. The number of hydrogen-bond acceptors (Lipinski definition) is 4. The first-order valence-electron chi connectivity index (χ1n) is 4.31. The van der Waals surface area contributed by atoms with Crippen molar-refractivity contribution in [3.8, 4) is 0 Å². The zero-order valence-corrected chi connectivity index (χ0v) is 7.62. The van der Waals surface area contributed by atoms with Crippen LogP contribution in [-0.4, -0.2) is 43.3 Å². The zero-order valence-electron chi connectivity index (χ0n) is 7.62. The molecule has 1 saturated heterocycles. The van der Waals surface area contributed by atoms with Gasteiger partial charge in [0.05, 0.1) is 6.61 Å². The van der Waals surface area contributed by atoms with Crippen molar-refractivity contribution in [2.24, 2.45) is 0 Å². The van der Waals surface area contributed by atoms with Crippen LogP contribution in [0.25, 0.3) is 0 Å². The smallest absolute Gasteiger partial charge is 0.410 e. The summed E-state index contributed by atoms with van der Waals surface area (Å²) in [5.41, 5.74) is 0. The summed E-state index contributed by atoms with van der Waals surface area (Å²) in [6, 6.07) is 0. The number of carbonyl (C=O) groups is 2. The number of amides is 1. The molecule has 74 valence electrons. The summed E-state index contributed by atoms with van der Waals surface area (Å²) in [4.78, 5) is 23.3. The largest absolute Gasteiger partial charge is 0.463 e. The van der Waals surface area contributed by atoms with Crippen LogP contribution in [0, 0.1) is 0 Å². The highest BCUT2D eigenvalue weighted by atomic mass is 16.6. The summed E-state index contributed by atoms with van der Waals surface area (Å²) in [7, 11) is 0. The zero-order chi connectivity index (χ0) is 9.68. The predicted molar refractivity (Wildman–Crippen MR) is 44.2 cm³/mol. The highest BCUT2D eigenvalue weighted by Gasteiger charge is 2.22. The molecule has 1 aliphatic heterocycles. The van der Waals surface area contributed by atoms with Crippen molar-refractivity contribution in [2.75, 3.05) is 26.3 Å². The molecule has 0 radical (unpaired) electrons. The lowest BCUT2D eigenvalue weighted by molar-refractivity contribution is -0.146. The van der Waals surface area contributed by atoms with E-state index < -0.39 is 12.1 Å². The second-order valence-electron chi connectivity index (χ2n) is 2.70. The van der Waals surface area contributed by atoms with Gasteiger partial charge in [-0.3, -0.25) is 0 Å². The van der Waals surface area contributed by atoms with Gasteiger partial charge < -0.3 is 14.4 Å². The molecule has 1 rings (SSSR count). The third-order valence-corrected chi connectivity index (χ3v) is 1.73. The van der Waals surface area contributed by atoms with Gasteiger partial charge in [0.25, 0.3) is 0 Å². The Kier molecular flexibility index (Phi) is 3.54. The lowest BCUT2D eigenvalue weighted by Gasteiger charge is -2.29. The first-order chi connectivity index (χ1) is 6.24. The summed E-state index contributed by atoms with van der Waals surface area (Å²) in [6.07, 6.45) is 0.577. The third kappa shape index (κ3) is 2.93. The summed E-state index contributed by atoms with van der Waals surface area (Å²) >= 11 is 0. The molecule has 0 bridgehead atoms. The van der Waals surface area contributed by atoms with Crippen LogP contribution in [0.1, 0.15) is 13.3 Å². The fourth-order valence-corrected chi connectivity index (χ4v) is 0.913. The third-order valence-electron chi connectivity index (χ3n) is 1.73. The van der Waals surface area contributed by atoms with Crippen LogP contribution in [-0.2, 0) is 14.3 Å². The molecule has 0 atom stereocenters. The van der Waals surface area contributed by atoms with Crippen molar-refractivity contribution in [3.05, 3.63) is 0 Å². The van der Waals surface area contributed by atoms with Crippen molar-refractivity contribution in [1.82, 2.24) is 4.90 Å². The normalized spacial score (nSPS) is 14.7. The fraction of sp³-hybridized carbons (Fsp3) is 0.750. The number of nitrogens with zero attached hydrogens (tertiary/aromatic N) is 1. The first kappa shape index (κ1) is 9.83. The summed E-state index contributed by atoms with van der Waals surface area (Å²) in [6.45, 7) is 3.17. The molecule has 0 unspecified atom stereocenters. The Morgan fingerprint density at radius 1 is 1.31 bits per heavy atom. The van der Waals surface area contributed by atoms with Gasteiger partial charge in [0.15, 0.2) is 6.61 Å². The predicted octanol–water partition coefficient (Wildman–Crippen LogP) is 0.392. The quantitative estimate of drug-likeness (QED) is 0.600. The van der Waals surface area contributed by atoms with E-state index in [1.165, 1.54) is 0 Å². The number of ether oxygens (including phenoxy) is 2. The molecule has 5 heteroatoms. The van der Waals surface area contributed by atoms with Gasteiger partial charge in [0.1, 0.15) is 0 Å². The molecule has 0 saturated carbocycles. The molecule has 13 heavy (non-hydrogen) atoms. The fourth-order valence-electron chi connectivity index (χ4n) is 0.913. The van der Waals surface area contributed by atoms with E-state index in [1.54, 1.807) is 11.8 Å². The van der Waals surface area contributed by atoms with E-state index in [1.807, 2.05) is 0 Å². The number of carbonyl (C=O) groups excluding carboxylic acids is 2. The van der Waals surface area contributed by atoms with Crippen LogP contribution in [0.4, 0.5) is 4.79 Å². The highest BCUT2D eigenvalue weighted by molar-refractivity contribution is 5.75. The molecule has 0 aromatic heterocycles. The highest BCUT2D eigenvalue weighted by Crippen LogP contribution is 2.07. The van der Waals surface area contributed by atoms with E-state index in [4.69, 9.17) is 0 Å². The number of likely N-dealkylation sites (tertiary alicyclic amines) is 1. The van der Waals surface area contributed by atoms with Gasteiger partial charge in [0.2, 0.25) is 0 Å². The Labute approximate surface area is 76.6 Å². The minimum absolute atomic E-state index is 0.289. The van der Waals surface area contributed by atoms with Crippen LogP contribution >= 0.6 is 0 Å². The number of hydrogen-bond donors (Lipinski definition) is 0. The van der Waals surface area contributed by atoms with Crippen LogP contribution < -0.4 is 0 Å². The molecule has 0 N–H and O–H groups in total. The molecule has 0 spiro atoms. The van der Waals surface area contributed by atoms with E-state index in [2.05, 4.69) is 9.47 Å². The molecule has 1 heterocycles. The SMILES string of the molecule is CCOC(=O)COC(=O)N1CCC1. The number of rotatable bonds is 3. The van der Waals surface area contributed by atoms with Gasteiger partial charge in [-0.05, 0) is 13.3 Å². The molecular weight excluding hydrogens is 174 g/mol. The Morgan fingerprint density at radius 3 is 2.46 bits per heavy atom. The maximum absolute atomic E-state index is 11.0. The van der Waals surface area contributed by atoms with E-state index in [-0.39, 0.29) is 6.61 Å². The maximum atomic E-state index is 11.0. The van der Waals surface area contributed by atoms with Gasteiger partial charge in [-0.25, -0.2) is 9.59 Å². The molecule has 0 aliphatic carbocycles. The lowest BCUT2D eigenvalue weighted by atomic mass is 10.2. The average Bonchev–Trinajstić information content (AvgIpc) is 1.98. The summed E-state index contributed by atoms with van der Waals surface area (Å²) in [5, 5.41) is 0. The van der Waals surface area contributed by atoms with Crippen molar-refractivity contribution in [3.63, 3.8) is 0 Å². The molecule has 1 aliphatic rings. The van der Waals surface area contributed by atoms with Crippen molar-refractivity contribution < 1.29 is 19.1 Å². The summed E-state index contributed by atoms with van der Waals surface area (Å²) < 4.78 is 9.26. The molecule has 0 aromatic rings. The van der Waals surface area contributed by atoms with Gasteiger partial charge in [-0.15, -0.1) is 0 Å². The van der Waals surface area contributed by atoms with Crippen molar-refractivity contribution in [1.29, 1.82) is 0 Å². The Hall–Kier alpha value is -1.26. The monoisotopic (exact) mass is 187 g/mol. The van der Waals surface area contributed by atoms with E-state index in [9.17, 15) is 9.59 Å². The Balaban J connectivity index is 2.10. The van der Waals surface area contributed by atoms with Gasteiger partial charge in [-0.1, -0.05) is 0 Å². The average molecular weight is 187 g/mol. The standard InChI is InChI=1S/C8H13NO4/c1-2-12-7(10)6-13-8(11)9-4-3-5-9/h2-6H2,1H3. The van der Waals surface area contributed by atoms with E-state index in [0.29, 0.717) is 6.61 Å². The van der Waals surface area contributed by atoms with Crippen LogP contribution in [0.15, 0.2) is 0 Å². The van der Waals surface area contributed by atoms with Crippen LogP contribution in [0.3, 0.4) is 0 Å². The molecule has 1 amide bonds. The van der Waals surface area contributed by atoms with Crippen LogP contribution in [0.2, 0.25) is 0 Å². The minimum atomic E-state index is -0.503.